The maximum absolute atomic E-state index is 11.0. The third-order valence-corrected chi connectivity index (χ3v) is 2.99. The summed E-state index contributed by atoms with van der Waals surface area (Å²) in [4.78, 5) is 15.2. The Morgan fingerprint density at radius 3 is 2.94 bits per heavy atom. The molecule has 2 N–H and O–H groups in total. The summed E-state index contributed by atoms with van der Waals surface area (Å²) in [5, 5.41) is 9.38. The summed E-state index contributed by atoms with van der Waals surface area (Å²) in [7, 11) is 0. The molecule has 1 heterocycles. The number of benzene rings is 1. The lowest BCUT2D eigenvalue weighted by Crippen LogP contribution is -1.99. The number of nitrogen functional groups attached to an aromatic ring is 1. The molecule has 0 unspecified atom stereocenters. The number of halogens is 1. The van der Waals surface area contributed by atoms with E-state index in [-0.39, 0.29) is 6.42 Å². The number of hydrogen-bond donors (Lipinski definition) is 1. The van der Waals surface area contributed by atoms with Crippen molar-refractivity contribution < 1.29 is 4.79 Å². The molecule has 0 bridgehead atoms. The average Bonchev–Trinajstić information content (AvgIpc) is 2.31. The van der Waals surface area contributed by atoms with Crippen LogP contribution in [0.3, 0.4) is 0 Å². The van der Waals surface area contributed by atoms with Gasteiger partial charge in [-0.1, -0.05) is 12.1 Å². The number of nitriles is 1. The molecule has 1 aromatic carbocycles. The van der Waals surface area contributed by atoms with Gasteiger partial charge < -0.3 is 5.73 Å². The molecule has 0 atom stereocenters. The molecule has 17 heavy (non-hydrogen) atoms. The number of carbonyl (C=O) groups is 1. The minimum atomic E-state index is -0.463. The summed E-state index contributed by atoms with van der Waals surface area (Å²) in [6.45, 7) is 0. The minimum absolute atomic E-state index is 0.101. The van der Waals surface area contributed by atoms with Crippen molar-refractivity contribution in [3.05, 3.63) is 34.3 Å². The summed E-state index contributed by atoms with van der Waals surface area (Å²) in [6, 6.07) is 8.89. The SMILES string of the molecule is N#CC(=O)Cc1ccc2cc(Br)c(N)nc2c1. The van der Waals surface area contributed by atoms with Crippen LogP contribution in [0.25, 0.3) is 10.9 Å². The molecule has 0 aliphatic heterocycles. The Balaban J connectivity index is 2.47. The molecule has 84 valence electrons. The maximum Gasteiger partial charge on any atom is 0.236 e. The van der Waals surface area contributed by atoms with E-state index in [1.165, 1.54) is 0 Å². The zero-order valence-corrected chi connectivity index (χ0v) is 10.4. The minimum Gasteiger partial charge on any atom is -0.383 e. The number of rotatable bonds is 2. The molecule has 1 aromatic heterocycles. The molecule has 2 aromatic rings. The molecule has 4 nitrogen and oxygen atoms in total. The van der Waals surface area contributed by atoms with Gasteiger partial charge in [0.1, 0.15) is 11.9 Å². The fourth-order valence-corrected chi connectivity index (χ4v) is 1.87. The van der Waals surface area contributed by atoms with Gasteiger partial charge in [0.05, 0.1) is 9.99 Å². The van der Waals surface area contributed by atoms with Crippen LogP contribution in [0.2, 0.25) is 0 Å². The van der Waals surface area contributed by atoms with Gasteiger partial charge in [-0.25, -0.2) is 4.98 Å². The second-order valence-corrected chi connectivity index (χ2v) is 4.45. The van der Waals surface area contributed by atoms with Crippen LogP contribution in [0.1, 0.15) is 5.56 Å². The first-order chi connectivity index (χ1) is 8.10. The highest BCUT2D eigenvalue weighted by Crippen LogP contribution is 2.23. The molecule has 5 heteroatoms. The van der Waals surface area contributed by atoms with E-state index in [0.29, 0.717) is 11.3 Å². The van der Waals surface area contributed by atoms with Crippen LogP contribution in [0.4, 0.5) is 5.82 Å². The van der Waals surface area contributed by atoms with Crippen molar-refractivity contribution in [3.63, 3.8) is 0 Å². The Bertz CT molecular complexity index is 646. The van der Waals surface area contributed by atoms with Crippen LogP contribution in [0.15, 0.2) is 28.7 Å². The van der Waals surface area contributed by atoms with Crippen molar-refractivity contribution >= 4 is 38.4 Å². The highest BCUT2D eigenvalue weighted by molar-refractivity contribution is 9.10. The number of pyridine rings is 1. The number of ketones is 1. The van der Waals surface area contributed by atoms with E-state index in [2.05, 4.69) is 20.9 Å². The molecule has 0 fully saturated rings. The lowest BCUT2D eigenvalue weighted by molar-refractivity contribution is -0.113. The Kier molecular flexibility index (Phi) is 3.07. The molecule has 0 amide bonds. The summed E-state index contributed by atoms with van der Waals surface area (Å²) in [5.41, 5.74) is 7.17. The third-order valence-electron chi connectivity index (χ3n) is 2.35. The first-order valence-electron chi connectivity index (χ1n) is 4.88. The first-order valence-corrected chi connectivity index (χ1v) is 5.67. The summed E-state index contributed by atoms with van der Waals surface area (Å²) < 4.78 is 0.742. The summed E-state index contributed by atoms with van der Waals surface area (Å²) >= 11 is 3.30. The van der Waals surface area contributed by atoms with Crippen molar-refractivity contribution in [2.75, 3.05) is 5.73 Å². The predicted octanol–water partition coefficient (Wildman–Crippen LogP) is 2.21. The van der Waals surface area contributed by atoms with E-state index in [1.807, 2.05) is 18.2 Å². The van der Waals surface area contributed by atoms with Crippen LogP contribution >= 0.6 is 15.9 Å². The van der Waals surface area contributed by atoms with Gasteiger partial charge in [0.25, 0.3) is 0 Å². The van der Waals surface area contributed by atoms with E-state index in [1.54, 1.807) is 12.1 Å². The highest BCUT2D eigenvalue weighted by Gasteiger charge is 2.05. The van der Waals surface area contributed by atoms with E-state index >= 15 is 0 Å². The van der Waals surface area contributed by atoms with Gasteiger partial charge in [-0.3, -0.25) is 4.79 Å². The van der Waals surface area contributed by atoms with Gasteiger partial charge in [-0.2, -0.15) is 5.26 Å². The Morgan fingerprint density at radius 2 is 2.24 bits per heavy atom. The molecule has 0 spiro atoms. The van der Waals surface area contributed by atoms with Gasteiger partial charge in [0.15, 0.2) is 0 Å². The van der Waals surface area contributed by atoms with Crippen LogP contribution < -0.4 is 5.73 Å². The summed E-state index contributed by atoms with van der Waals surface area (Å²) in [6.07, 6.45) is 0.101. The topological polar surface area (TPSA) is 79.8 Å². The smallest absolute Gasteiger partial charge is 0.236 e. The number of aromatic nitrogens is 1. The van der Waals surface area contributed by atoms with Crippen LogP contribution in [-0.4, -0.2) is 10.8 Å². The van der Waals surface area contributed by atoms with E-state index < -0.39 is 5.78 Å². The van der Waals surface area contributed by atoms with Crippen molar-refractivity contribution in [1.29, 1.82) is 5.26 Å². The molecule has 0 saturated carbocycles. The standard InChI is InChI=1S/C12H8BrN3O/c13-10-5-8-2-1-7(3-9(17)6-14)4-11(8)16-12(10)15/h1-2,4-5H,3H2,(H2,15,16). The van der Waals surface area contributed by atoms with E-state index in [9.17, 15) is 4.79 Å². The lowest BCUT2D eigenvalue weighted by atomic mass is 10.1. The lowest BCUT2D eigenvalue weighted by Gasteiger charge is -2.03. The van der Waals surface area contributed by atoms with Crippen LogP contribution in [-0.2, 0) is 11.2 Å². The molecule has 0 aliphatic rings. The number of anilines is 1. The second-order valence-electron chi connectivity index (χ2n) is 3.59. The zero-order valence-electron chi connectivity index (χ0n) is 8.77. The van der Waals surface area contributed by atoms with Crippen molar-refractivity contribution in [1.82, 2.24) is 4.98 Å². The van der Waals surface area contributed by atoms with Gasteiger partial charge >= 0.3 is 0 Å². The number of hydrogen-bond acceptors (Lipinski definition) is 4. The van der Waals surface area contributed by atoms with Crippen molar-refractivity contribution in [3.8, 4) is 6.07 Å². The Hall–Kier alpha value is -1.93. The molecule has 2 rings (SSSR count). The largest absolute Gasteiger partial charge is 0.383 e. The number of nitrogens with two attached hydrogens (primary N) is 1. The van der Waals surface area contributed by atoms with E-state index in [0.717, 1.165) is 15.4 Å². The fourth-order valence-electron chi connectivity index (χ4n) is 1.54. The Morgan fingerprint density at radius 1 is 1.47 bits per heavy atom. The van der Waals surface area contributed by atoms with Crippen LogP contribution in [0, 0.1) is 11.3 Å². The third kappa shape index (κ3) is 2.43. The Labute approximate surface area is 106 Å². The average molecular weight is 290 g/mol. The predicted molar refractivity (Wildman–Crippen MR) is 68.2 cm³/mol. The van der Waals surface area contributed by atoms with Gasteiger partial charge in [0.2, 0.25) is 5.78 Å². The molecule has 0 saturated heterocycles. The number of carbonyl (C=O) groups excluding carboxylic acids is 1. The van der Waals surface area contributed by atoms with Gasteiger partial charge in [-0.15, -0.1) is 0 Å². The second kappa shape index (κ2) is 4.52. The maximum atomic E-state index is 11.0. The number of nitrogens with zero attached hydrogens (tertiary/aromatic N) is 2. The molecule has 0 aliphatic carbocycles. The van der Waals surface area contributed by atoms with E-state index in [4.69, 9.17) is 11.0 Å². The molecular weight excluding hydrogens is 282 g/mol. The quantitative estimate of drug-likeness (QED) is 0.860. The summed E-state index contributed by atoms with van der Waals surface area (Å²) in [5.74, 6) is -0.0595. The number of Topliss-reactive ketones (excluding diaryl/α,β-unsaturated/α-hetero) is 1. The fraction of sp³-hybridized carbons (Fsp3) is 0.0833. The highest BCUT2D eigenvalue weighted by atomic mass is 79.9. The van der Waals surface area contributed by atoms with Gasteiger partial charge in [0, 0.05) is 11.8 Å². The monoisotopic (exact) mass is 289 g/mol. The molecular formula is C12H8BrN3O. The molecule has 0 radical (unpaired) electrons. The van der Waals surface area contributed by atoms with Crippen molar-refractivity contribution in [2.24, 2.45) is 0 Å². The number of fused-ring (bicyclic) bond motifs is 1. The van der Waals surface area contributed by atoms with Crippen molar-refractivity contribution in [2.45, 2.75) is 6.42 Å². The van der Waals surface area contributed by atoms with Crippen LogP contribution in [0.5, 0.6) is 0 Å². The first kappa shape index (κ1) is 11.6. The normalized spacial score (nSPS) is 10.1. The van der Waals surface area contributed by atoms with Gasteiger partial charge in [-0.05, 0) is 33.6 Å². The zero-order chi connectivity index (χ0) is 12.4.